The van der Waals surface area contributed by atoms with Gasteiger partial charge in [0.05, 0.1) is 0 Å². The van der Waals surface area contributed by atoms with Gasteiger partial charge in [0, 0.05) is 0 Å². The zero-order valence-corrected chi connectivity index (χ0v) is 7.60. The van der Waals surface area contributed by atoms with Gasteiger partial charge < -0.3 is 21.3 Å². The van der Waals surface area contributed by atoms with Crippen LogP contribution >= 0.6 is 7.82 Å². The third kappa shape index (κ3) is 34.8. The van der Waals surface area contributed by atoms with Gasteiger partial charge in [0.2, 0.25) is 0 Å². The summed E-state index contributed by atoms with van der Waals surface area (Å²) in [7, 11) is -10.2. The number of primary amides is 2. The van der Waals surface area contributed by atoms with Crippen LogP contribution in [0.25, 0.3) is 0 Å². The molecule has 13 heavy (non-hydrogen) atoms. The average molecular weight is 238 g/mol. The third-order valence-corrected chi connectivity index (χ3v) is 1.72. The fourth-order valence-corrected chi connectivity index (χ4v) is 1.10. The lowest BCUT2D eigenvalue weighted by Crippen LogP contribution is -2.18. The Balaban J connectivity index is 0. The van der Waals surface area contributed by atoms with E-state index in [1.807, 2.05) is 0 Å². The molecule has 0 saturated heterocycles. The molecule has 2 amide bonds. The Morgan fingerprint density at radius 2 is 1.54 bits per heavy atom. The van der Waals surface area contributed by atoms with Crippen LogP contribution in [0.3, 0.4) is 0 Å². The molecule has 0 rings (SSSR count). The molecule has 0 aliphatic carbocycles. The van der Waals surface area contributed by atoms with Gasteiger partial charge in [-0.25, -0.2) is 9.36 Å². The number of carbonyl (C=O) groups excluding carboxylic acids is 1. The first-order valence-electron chi connectivity index (χ1n) is 2.23. The van der Waals surface area contributed by atoms with Crippen molar-refractivity contribution in [3.8, 4) is 0 Å². The van der Waals surface area contributed by atoms with Crippen LogP contribution in [0.2, 0.25) is 0 Å². The van der Waals surface area contributed by atoms with Crippen molar-refractivity contribution < 1.29 is 36.1 Å². The Labute approximate surface area is 72.7 Å². The Morgan fingerprint density at radius 3 is 1.54 bits per heavy atom. The second kappa shape index (κ2) is 5.11. The van der Waals surface area contributed by atoms with Crippen LogP contribution in [0, 0.1) is 0 Å². The van der Waals surface area contributed by atoms with E-state index >= 15 is 0 Å². The summed E-state index contributed by atoms with van der Waals surface area (Å²) in [4.78, 5) is 24.4. The normalized spacial score (nSPS) is 11.3. The van der Waals surface area contributed by atoms with Crippen molar-refractivity contribution in [2.24, 2.45) is 11.5 Å². The fraction of sp³-hybridized carbons (Fsp3) is 0. The molecule has 0 aromatic carbocycles. The molecule has 0 fully saturated rings. The Kier molecular flexibility index (Phi) is 5.82. The topological polar surface area (TPSA) is 190 Å². The summed E-state index contributed by atoms with van der Waals surface area (Å²) in [6.45, 7) is 0. The van der Waals surface area contributed by atoms with Gasteiger partial charge in [-0.3, -0.25) is 4.55 Å². The van der Waals surface area contributed by atoms with E-state index in [0.717, 1.165) is 0 Å². The smallest absolute Gasteiger partial charge is 0.352 e. The van der Waals surface area contributed by atoms with Crippen LogP contribution in [-0.4, -0.2) is 28.8 Å². The number of amides is 2. The molecule has 0 atom stereocenters. The predicted octanol–water partition coefficient (Wildman–Crippen LogP) is -2.08. The lowest BCUT2D eigenvalue weighted by molar-refractivity contribution is 0.256. The van der Waals surface area contributed by atoms with Crippen LogP contribution in [0.15, 0.2) is 0 Å². The Bertz CT molecular complexity index is 296. The van der Waals surface area contributed by atoms with Gasteiger partial charge in [0.1, 0.15) is 0 Å². The maximum atomic E-state index is 9.58. The van der Waals surface area contributed by atoms with Crippen molar-refractivity contribution in [2.45, 2.75) is 0 Å². The number of nitrogens with two attached hydrogens (primary N) is 2. The maximum absolute atomic E-state index is 9.58. The summed E-state index contributed by atoms with van der Waals surface area (Å²) < 4.78 is 39.0. The zero-order chi connectivity index (χ0) is 11.3. The van der Waals surface area contributed by atoms with E-state index in [1.165, 1.54) is 0 Å². The zero-order valence-electron chi connectivity index (χ0n) is 5.89. The molecule has 80 valence electrons. The molecule has 12 heteroatoms. The standard InChI is InChI=1S/CH4N2O.H3O7PS/c2-1(3)4;1-8(2,3)7-9(4,5)6/h(H4,2,3,4);(H2,1,2,3)(H,4,5,6). The molecule has 0 aliphatic rings. The summed E-state index contributed by atoms with van der Waals surface area (Å²) in [5.41, 5.74) is 8.50. The molecule has 0 aromatic rings. The van der Waals surface area contributed by atoms with Crippen LogP contribution in [0.5, 0.6) is 0 Å². The Hall–Kier alpha value is -0.710. The first kappa shape index (κ1) is 14.8. The number of hydrogen-bond donors (Lipinski definition) is 5. The van der Waals surface area contributed by atoms with Crippen molar-refractivity contribution in [3.05, 3.63) is 0 Å². The molecule has 0 aromatic heterocycles. The number of hydrogen-bond acceptors (Lipinski definition) is 5. The number of rotatable bonds is 2. The molecule has 0 unspecified atom stereocenters. The SMILES string of the molecule is NC(N)=O.O=P(O)(O)OS(=O)(=O)O. The quantitative estimate of drug-likeness (QED) is 0.267. The van der Waals surface area contributed by atoms with E-state index in [4.69, 9.17) is 19.1 Å². The van der Waals surface area contributed by atoms with E-state index in [1.54, 1.807) is 0 Å². The van der Waals surface area contributed by atoms with Crippen molar-refractivity contribution >= 4 is 24.3 Å². The van der Waals surface area contributed by atoms with Gasteiger partial charge in [-0.2, -0.15) is 8.42 Å². The van der Waals surface area contributed by atoms with Gasteiger partial charge in [-0.15, -0.1) is 3.97 Å². The lowest BCUT2D eigenvalue weighted by Gasteiger charge is -1.97. The highest BCUT2D eigenvalue weighted by molar-refractivity contribution is 7.85. The van der Waals surface area contributed by atoms with Crippen LogP contribution in [0.1, 0.15) is 0 Å². The lowest BCUT2D eigenvalue weighted by atomic mass is 11.2. The van der Waals surface area contributed by atoms with Crippen molar-refractivity contribution in [1.29, 1.82) is 0 Å². The molecule has 7 N–H and O–H groups in total. The number of phosphoric acid groups is 1. The highest BCUT2D eigenvalue weighted by Gasteiger charge is 2.22. The number of urea groups is 1. The average Bonchev–Trinajstić information content (AvgIpc) is 1.47. The minimum atomic E-state index is -5.13. The molecular formula is CH7N2O8PS. The van der Waals surface area contributed by atoms with Crippen molar-refractivity contribution in [3.63, 3.8) is 0 Å². The summed E-state index contributed by atoms with van der Waals surface area (Å²) in [6.07, 6.45) is 0. The van der Waals surface area contributed by atoms with Crippen LogP contribution in [-0.2, 0) is 18.9 Å². The molecule has 10 nitrogen and oxygen atoms in total. The minimum Gasteiger partial charge on any atom is -0.352 e. The van der Waals surface area contributed by atoms with Crippen LogP contribution in [0.4, 0.5) is 4.79 Å². The predicted molar refractivity (Wildman–Crippen MR) is 38.4 cm³/mol. The van der Waals surface area contributed by atoms with Gasteiger partial charge in [0.15, 0.2) is 0 Å². The third-order valence-electron chi connectivity index (χ3n) is 0.191. The molecule has 0 aliphatic heterocycles. The molecule has 0 radical (unpaired) electrons. The fourth-order valence-electron chi connectivity index (χ4n) is 0.123. The van der Waals surface area contributed by atoms with E-state index in [-0.39, 0.29) is 0 Å². The monoisotopic (exact) mass is 238 g/mol. The highest BCUT2D eigenvalue weighted by atomic mass is 32.3. The van der Waals surface area contributed by atoms with Gasteiger partial charge in [0.25, 0.3) is 0 Å². The van der Waals surface area contributed by atoms with Crippen LogP contribution < -0.4 is 11.5 Å². The molecule has 0 bridgehead atoms. The largest absolute Gasteiger partial charge is 0.486 e. The van der Waals surface area contributed by atoms with Crippen molar-refractivity contribution in [1.82, 2.24) is 0 Å². The summed E-state index contributed by atoms with van der Waals surface area (Å²) in [5.74, 6) is 0. The summed E-state index contributed by atoms with van der Waals surface area (Å²) >= 11 is 0. The second-order valence-electron chi connectivity index (χ2n) is 1.40. The number of carbonyl (C=O) groups is 1. The first-order chi connectivity index (χ1) is 5.44. The van der Waals surface area contributed by atoms with E-state index in [0.29, 0.717) is 0 Å². The first-order valence-corrected chi connectivity index (χ1v) is 5.12. The van der Waals surface area contributed by atoms with Gasteiger partial charge in [-0.1, -0.05) is 0 Å². The maximum Gasteiger partial charge on any atom is 0.486 e. The second-order valence-corrected chi connectivity index (χ2v) is 3.83. The van der Waals surface area contributed by atoms with Gasteiger partial charge >= 0.3 is 24.3 Å². The van der Waals surface area contributed by atoms with Crippen molar-refractivity contribution in [2.75, 3.05) is 0 Å². The summed E-state index contributed by atoms with van der Waals surface area (Å²) in [6, 6.07) is -0.833. The molecule has 0 saturated carbocycles. The summed E-state index contributed by atoms with van der Waals surface area (Å²) in [5, 5.41) is 0. The highest BCUT2D eigenvalue weighted by Crippen LogP contribution is 2.37. The van der Waals surface area contributed by atoms with E-state index in [2.05, 4.69) is 15.4 Å². The Morgan fingerprint density at radius 1 is 1.31 bits per heavy atom. The molecule has 0 spiro atoms. The van der Waals surface area contributed by atoms with E-state index in [9.17, 15) is 13.0 Å². The van der Waals surface area contributed by atoms with E-state index < -0.39 is 24.3 Å². The minimum absolute atomic E-state index is 0.833. The molecule has 0 heterocycles. The van der Waals surface area contributed by atoms with Gasteiger partial charge in [-0.05, 0) is 0 Å². The molecular weight excluding hydrogens is 231 g/mol.